The third-order valence-electron chi connectivity index (χ3n) is 5.67. The van der Waals surface area contributed by atoms with Crippen molar-refractivity contribution in [1.82, 2.24) is 14.7 Å². The van der Waals surface area contributed by atoms with Crippen LogP contribution in [0.1, 0.15) is 59.2 Å². The maximum Gasteiger partial charge on any atom is 0.192 e. The Kier molecular flexibility index (Phi) is 7.38. The molecule has 1 N–H and O–H groups in total. The van der Waals surface area contributed by atoms with Gasteiger partial charge in [0.1, 0.15) is 0 Å². The molecule has 1 aromatic rings. The molecule has 1 fully saturated rings. The second-order valence-corrected chi connectivity index (χ2v) is 15.3. The van der Waals surface area contributed by atoms with E-state index in [4.69, 9.17) is 4.43 Å². The lowest BCUT2D eigenvalue weighted by Gasteiger charge is -2.37. The van der Waals surface area contributed by atoms with Crippen LogP contribution in [0.4, 0.5) is 0 Å². The van der Waals surface area contributed by atoms with E-state index < -0.39 is 8.32 Å². The lowest BCUT2D eigenvalue weighted by Crippen LogP contribution is -2.42. The molecule has 1 saturated carbocycles. The molecular weight excluding hydrogens is 457 g/mol. The van der Waals surface area contributed by atoms with Gasteiger partial charge in [-0.15, -0.1) is 0 Å². The van der Waals surface area contributed by atoms with Crippen molar-refractivity contribution < 1.29 is 9.53 Å². The monoisotopic (exact) mass is 493 g/mol. The van der Waals surface area contributed by atoms with Gasteiger partial charge in [-0.3, -0.25) is 9.58 Å². The highest BCUT2D eigenvalue weighted by atomic mass is 127. The number of rotatable bonds is 9. The van der Waals surface area contributed by atoms with Crippen molar-refractivity contribution in [1.29, 1.82) is 0 Å². The van der Waals surface area contributed by atoms with E-state index in [1.54, 1.807) is 0 Å². The van der Waals surface area contributed by atoms with Crippen LogP contribution in [0.15, 0.2) is 6.20 Å². The molecule has 2 atom stereocenters. The van der Waals surface area contributed by atoms with Crippen molar-refractivity contribution in [3.05, 3.63) is 15.5 Å². The van der Waals surface area contributed by atoms with Crippen molar-refractivity contribution in [3.63, 3.8) is 0 Å². The Morgan fingerprint density at radius 3 is 2.50 bits per heavy atom. The van der Waals surface area contributed by atoms with Crippen molar-refractivity contribution in [2.24, 2.45) is 0 Å². The second kappa shape index (κ2) is 8.59. The van der Waals surface area contributed by atoms with E-state index in [-0.39, 0.29) is 17.2 Å². The van der Waals surface area contributed by atoms with E-state index >= 15 is 0 Å². The minimum atomic E-state index is -1.76. The molecule has 1 heterocycles. The molecule has 0 spiro atoms. The van der Waals surface area contributed by atoms with E-state index in [0.717, 1.165) is 13.1 Å². The maximum atomic E-state index is 9.84. The minimum absolute atomic E-state index is 0.204. The first-order valence-corrected chi connectivity index (χ1v) is 13.7. The minimum Gasteiger partial charge on any atom is -0.415 e. The normalized spacial score (nSPS) is 18.4. The molecule has 0 amide bonds. The van der Waals surface area contributed by atoms with Crippen LogP contribution >= 0.6 is 22.6 Å². The first-order chi connectivity index (χ1) is 11.9. The van der Waals surface area contributed by atoms with Gasteiger partial charge in [0.2, 0.25) is 0 Å². The average Bonchev–Trinajstić information content (AvgIpc) is 3.28. The van der Waals surface area contributed by atoms with Crippen molar-refractivity contribution in [3.8, 4) is 0 Å². The number of hydrogen-bond donors (Lipinski definition) is 1. The number of hydrogen-bond acceptors (Lipinski definition) is 4. The Labute approximate surface area is 173 Å². The topological polar surface area (TPSA) is 50.5 Å². The SMILES string of the molecule is C[C@H](O)CN(Cc1c(I)cnn1[C@@H](C)CO[Si](C)(C)C(C)(C)C)C1CC1. The Hall–Kier alpha value is 0.0369. The highest BCUT2D eigenvalue weighted by Crippen LogP contribution is 2.37. The fourth-order valence-corrected chi connectivity index (χ4v) is 4.46. The molecular formula is C19H36IN3O2Si. The predicted molar refractivity (Wildman–Crippen MR) is 118 cm³/mol. The standard InChI is InChI=1S/C19H36IN3O2Si/c1-14(13-25-26(6,7)19(3,4)5)23-18(17(20)10-21-23)12-22(11-15(2)24)16-8-9-16/h10,14-16,24H,8-9,11-13H2,1-7H3/t14-,15-/m0/s1. The zero-order valence-corrected chi connectivity index (χ0v) is 20.6. The molecule has 0 saturated heterocycles. The molecule has 26 heavy (non-hydrogen) atoms. The van der Waals surface area contributed by atoms with Crippen LogP contribution in [0.3, 0.4) is 0 Å². The second-order valence-electron chi connectivity index (χ2n) is 9.31. The summed E-state index contributed by atoms with van der Waals surface area (Å²) in [5.74, 6) is 0. The Morgan fingerprint density at radius 2 is 2.00 bits per heavy atom. The van der Waals surface area contributed by atoms with Crippen molar-refractivity contribution in [2.45, 2.75) is 90.3 Å². The van der Waals surface area contributed by atoms with E-state index in [1.165, 1.54) is 22.1 Å². The summed E-state index contributed by atoms with van der Waals surface area (Å²) in [6, 6.07) is 0.817. The maximum absolute atomic E-state index is 9.84. The van der Waals surface area contributed by atoms with Gasteiger partial charge in [-0.25, -0.2) is 0 Å². The van der Waals surface area contributed by atoms with Crippen LogP contribution in [0.5, 0.6) is 0 Å². The summed E-state index contributed by atoms with van der Waals surface area (Å²) < 4.78 is 9.75. The van der Waals surface area contributed by atoms with Crippen LogP contribution in [-0.4, -0.2) is 53.4 Å². The zero-order valence-electron chi connectivity index (χ0n) is 17.4. The highest BCUT2D eigenvalue weighted by Gasteiger charge is 2.37. The largest absolute Gasteiger partial charge is 0.415 e. The summed E-state index contributed by atoms with van der Waals surface area (Å²) in [5, 5.41) is 14.7. The molecule has 2 rings (SSSR count). The summed E-state index contributed by atoms with van der Waals surface area (Å²) in [4.78, 5) is 2.40. The highest BCUT2D eigenvalue weighted by molar-refractivity contribution is 14.1. The molecule has 1 aromatic heterocycles. The molecule has 150 valence electrons. The Morgan fingerprint density at radius 1 is 1.38 bits per heavy atom. The van der Waals surface area contributed by atoms with Crippen LogP contribution in [0.2, 0.25) is 18.1 Å². The lowest BCUT2D eigenvalue weighted by molar-refractivity contribution is 0.114. The average molecular weight is 494 g/mol. The summed E-state index contributed by atoms with van der Waals surface area (Å²) >= 11 is 2.38. The number of halogens is 1. The molecule has 5 nitrogen and oxygen atoms in total. The summed E-state index contributed by atoms with van der Waals surface area (Å²) in [6.07, 6.45) is 4.12. The smallest absolute Gasteiger partial charge is 0.192 e. The predicted octanol–water partition coefficient (Wildman–Crippen LogP) is 4.42. The molecule has 0 aliphatic heterocycles. The van der Waals surface area contributed by atoms with Crippen LogP contribution in [0.25, 0.3) is 0 Å². The van der Waals surface area contributed by atoms with E-state index in [0.29, 0.717) is 12.6 Å². The first kappa shape index (κ1) is 22.3. The third kappa shape index (κ3) is 5.77. The third-order valence-corrected chi connectivity index (χ3v) is 11.1. The number of aliphatic hydroxyl groups is 1. The van der Waals surface area contributed by atoms with Gasteiger partial charge < -0.3 is 9.53 Å². The molecule has 0 unspecified atom stereocenters. The Balaban J connectivity index is 2.08. The summed E-state index contributed by atoms with van der Waals surface area (Å²) in [7, 11) is -1.76. The summed E-state index contributed by atoms with van der Waals surface area (Å²) in [6.45, 7) is 17.7. The van der Waals surface area contributed by atoms with E-state index in [9.17, 15) is 5.11 Å². The van der Waals surface area contributed by atoms with Crippen LogP contribution < -0.4 is 0 Å². The van der Waals surface area contributed by atoms with Gasteiger partial charge in [0.05, 0.1) is 34.2 Å². The lowest BCUT2D eigenvalue weighted by atomic mass is 10.2. The molecule has 0 aromatic carbocycles. The van der Waals surface area contributed by atoms with Crippen LogP contribution in [-0.2, 0) is 11.0 Å². The molecule has 1 aliphatic rings. The Bertz CT molecular complexity index is 594. The van der Waals surface area contributed by atoms with Gasteiger partial charge in [-0.2, -0.15) is 5.10 Å². The quantitative estimate of drug-likeness (QED) is 0.409. The van der Waals surface area contributed by atoms with Gasteiger partial charge in [-0.1, -0.05) is 20.8 Å². The van der Waals surface area contributed by atoms with Gasteiger partial charge in [0.15, 0.2) is 8.32 Å². The van der Waals surface area contributed by atoms with Crippen molar-refractivity contribution >= 4 is 30.9 Å². The molecule has 1 aliphatic carbocycles. The van der Waals surface area contributed by atoms with Crippen LogP contribution in [0, 0.1) is 3.57 Å². The van der Waals surface area contributed by atoms with Gasteiger partial charge in [-0.05, 0) is 67.4 Å². The number of aliphatic hydroxyl groups excluding tert-OH is 1. The fraction of sp³-hybridized carbons (Fsp3) is 0.842. The number of aromatic nitrogens is 2. The van der Waals surface area contributed by atoms with Gasteiger partial charge >= 0.3 is 0 Å². The summed E-state index contributed by atoms with van der Waals surface area (Å²) in [5.41, 5.74) is 1.24. The van der Waals surface area contributed by atoms with Gasteiger partial charge in [0, 0.05) is 19.1 Å². The molecule has 7 heteroatoms. The first-order valence-electron chi connectivity index (χ1n) is 9.70. The molecule has 0 radical (unpaired) electrons. The molecule has 0 bridgehead atoms. The fourth-order valence-electron chi connectivity index (χ4n) is 2.82. The van der Waals surface area contributed by atoms with Crippen molar-refractivity contribution in [2.75, 3.05) is 13.2 Å². The van der Waals surface area contributed by atoms with E-state index in [2.05, 4.69) is 78.1 Å². The van der Waals surface area contributed by atoms with Gasteiger partial charge in [0.25, 0.3) is 0 Å². The number of nitrogens with zero attached hydrogens (tertiary/aromatic N) is 3. The van der Waals surface area contributed by atoms with E-state index in [1.807, 2.05) is 13.1 Å². The zero-order chi connectivity index (χ0) is 19.7.